The summed E-state index contributed by atoms with van der Waals surface area (Å²) in [6, 6.07) is 17.6. The fraction of sp³-hybridized carbons (Fsp3) is 0.375. The van der Waals surface area contributed by atoms with Crippen molar-refractivity contribution in [1.29, 1.82) is 5.26 Å². The lowest BCUT2D eigenvalue weighted by Crippen LogP contribution is -2.54. The van der Waals surface area contributed by atoms with Gasteiger partial charge in [0.25, 0.3) is 5.91 Å². The number of benzene rings is 2. The van der Waals surface area contributed by atoms with Gasteiger partial charge in [0.2, 0.25) is 12.2 Å². The summed E-state index contributed by atoms with van der Waals surface area (Å²) in [5.74, 6) is 0.568. The molecule has 2 aromatic rings. The van der Waals surface area contributed by atoms with Gasteiger partial charge in [-0.2, -0.15) is 5.26 Å². The summed E-state index contributed by atoms with van der Waals surface area (Å²) in [4.78, 5) is 16.6. The van der Waals surface area contributed by atoms with Gasteiger partial charge in [0.05, 0.1) is 12.7 Å². The zero-order valence-electron chi connectivity index (χ0n) is 18.5. The van der Waals surface area contributed by atoms with Crippen molar-refractivity contribution in [1.82, 2.24) is 15.8 Å². The van der Waals surface area contributed by atoms with E-state index in [1.54, 1.807) is 37.5 Å². The first-order chi connectivity index (χ1) is 15.5. The highest BCUT2D eigenvalue weighted by molar-refractivity contribution is 5.97. The van der Waals surface area contributed by atoms with Crippen LogP contribution in [-0.2, 0) is 5.41 Å². The van der Waals surface area contributed by atoms with Crippen molar-refractivity contribution in [3.8, 4) is 11.9 Å². The molecule has 0 saturated heterocycles. The van der Waals surface area contributed by atoms with E-state index in [0.29, 0.717) is 17.9 Å². The number of rotatable bonds is 7. The molecule has 0 atom stereocenters. The normalized spacial score (nSPS) is 20.8. The highest BCUT2D eigenvalue weighted by Gasteiger charge is 2.39. The number of nitriles is 1. The number of hydrogen-bond donors (Lipinski definition) is 3. The predicted molar refractivity (Wildman–Crippen MR) is 124 cm³/mol. The van der Waals surface area contributed by atoms with Crippen LogP contribution in [0.2, 0.25) is 0 Å². The third-order valence-electron chi connectivity index (χ3n) is 6.25. The van der Waals surface area contributed by atoms with E-state index in [9.17, 15) is 4.79 Å². The fourth-order valence-corrected chi connectivity index (χ4v) is 4.54. The van der Waals surface area contributed by atoms with Gasteiger partial charge in [0.15, 0.2) is 0 Å². The molecule has 0 radical (unpaired) electrons. The maximum atomic E-state index is 12.9. The molecule has 4 N–H and O–H groups in total. The van der Waals surface area contributed by atoms with Gasteiger partial charge in [-0.3, -0.25) is 9.80 Å². The number of carbonyl (C=O) groups is 1. The van der Waals surface area contributed by atoms with Gasteiger partial charge in [-0.15, -0.1) is 4.99 Å². The van der Waals surface area contributed by atoms with Crippen LogP contribution in [0.15, 0.2) is 59.6 Å². The number of nitrogens with zero attached hydrogens (tertiary/aromatic N) is 3. The molecule has 0 aromatic heterocycles. The molecule has 8 heteroatoms. The van der Waals surface area contributed by atoms with Crippen LogP contribution in [0.1, 0.15) is 41.6 Å². The highest BCUT2D eigenvalue weighted by atomic mass is 16.5. The molecule has 1 amide bonds. The standard InChI is InChI=1S/C24H30N6O2/c1-27-30(23(26)29-17-25)19-12-14-24(15-13-19,18-8-4-3-5-9-18)16-28-22(31)20-10-6-7-11-21(20)32-2/h3-11,19,27H,12-16H2,1-2H3,(H2,26,29)(H,28,31)/t19-,24-. The van der Waals surface area contributed by atoms with E-state index in [2.05, 4.69) is 27.9 Å². The molecule has 0 unspecified atom stereocenters. The summed E-state index contributed by atoms with van der Waals surface area (Å²) in [5, 5.41) is 13.7. The molecular weight excluding hydrogens is 404 g/mol. The lowest BCUT2D eigenvalue weighted by Gasteiger charge is -2.44. The number of hydrazine groups is 1. The monoisotopic (exact) mass is 434 g/mol. The first-order valence-corrected chi connectivity index (χ1v) is 10.7. The Morgan fingerprint density at radius 3 is 2.50 bits per heavy atom. The lowest BCUT2D eigenvalue weighted by atomic mass is 9.68. The van der Waals surface area contributed by atoms with Crippen LogP contribution < -0.4 is 21.2 Å². The minimum absolute atomic E-state index is 0.110. The molecule has 1 saturated carbocycles. The van der Waals surface area contributed by atoms with Crippen LogP contribution in [0.5, 0.6) is 5.75 Å². The summed E-state index contributed by atoms with van der Waals surface area (Å²) in [7, 11) is 3.33. The molecule has 32 heavy (non-hydrogen) atoms. The van der Waals surface area contributed by atoms with E-state index in [0.717, 1.165) is 25.7 Å². The van der Waals surface area contributed by atoms with E-state index in [-0.39, 0.29) is 23.3 Å². The largest absolute Gasteiger partial charge is 0.496 e. The SMILES string of the molecule is CNN(C(N)=NC#N)[C@H]1CC[C@](CNC(=O)c2ccccc2OC)(c2ccccc2)CC1. The zero-order chi connectivity index (χ0) is 23.0. The topological polar surface area (TPSA) is 116 Å². The number of carbonyl (C=O) groups excluding carboxylic acids is 1. The Kier molecular flexibility index (Phi) is 7.68. The minimum atomic E-state index is -0.198. The number of nitrogens with two attached hydrogens (primary N) is 1. The summed E-state index contributed by atoms with van der Waals surface area (Å²) in [6.07, 6.45) is 5.12. The van der Waals surface area contributed by atoms with Crippen molar-refractivity contribution in [3.05, 3.63) is 65.7 Å². The van der Waals surface area contributed by atoms with Gasteiger partial charge in [-0.05, 0) is 43.4 Å². The van der Waals surface area contributed by atoms with Gasteiger partial charge >= 0.3 is 0 Å². The Hall–Kier alpha value is -3.57. The molecule has 0 spiro atoms. The van der Waals surface area contributed by atoms with E-state index >= 15 is 0 Å². The van der Waals surface area contributed by atoms with Crippen molar-refractivity contribution in [2.75, 3.05) is 20.7 Å². The van der Waals surface area contributed by atoms with E-state index in [1.807, 2.05) is 30.3 Å². The second kappa shape index (κ2) is 10.6. The third kappa shape index (κ3) is 5.01. The number of nitrogens with one attached hydrogen (secondary N) is 2. The molecule has 8 nitrogen and oxygen atoms in total. The van der Waals surface area contributed by atoms with Crippen molar-refractivity contribution < 1.29 is 9.53 Å². The van der Waals surface area contributed by atoms with Gasteiger partial charge in [-0.25, -0.2) is 5.43 Å². The van der Waals surface area contributed by atoms with Crippen molar-refractivity contribution in [2.24, 2.45) is 10.7 Å². The maximum Gasteiger partial charge on any atom is 0.255 e. The lowest BCUT2D eigenvalue weighted by molar-refractivity contribution is 0.0921. The summed E-state index contributed by atoms with van der Waals surface area (Å²) in [6.45, 7) is 0.516. The van der Waals surface area contributed by atoms with Gasteiger partial charge in [0, 0.05) is 25.0 Å². The third-order valence-corrected chi connectivity index (χ3v) is 6.25. The molecule has 1 aliphatic carbocycles. The fourth-order valence-electron chi connectivity index (χ4n) is 4.54. The van der Waals surface area contributed by atoms with E-state index in [1.165, 1.54) is 5.56 Å². The number of methoxy groups -OCH3 is 1. The maximum absolute atomic E-state index is 12.9. The van der Waals surface area contributed by atoms with Crippen LogP contribution in [0.3, 0.4) is 0 Å². The Bertz CT molecular complexity index is 977. The smallest absolute Gasteiger partial charge is 0.255 e. The average Bonchev–Trinajstić information content (AvgIpc) is 2.84. The summed E-state index contributed by atoms with van der Waals surface area (Å²) in [5.41, 5.74) is 10.5. The van der Waals surface area contributed by atoms with Gasteiger partial charge < -0.3 is 15.8 Å². The van der Waals surface area contributed by atoms with Crippen LogP contribution in [0.4, 0.5) is 0 Å². The Morgan fingerprint density at radius 2 is 1.88 bits per heavy atom. The van der Waals surface area contributed by atoms with Crippen molar-refractivity contribution >= 4 is 11.9 Å². The highest BCUT2D eigenvalue weighted by Crippen LogP contribution is 2.40. The molecule has 0 bridgehead atoms. The molecule has 0 heterocycles. The number of guanidine groups is 1. The molecule has 1 fully saturated rings. The average molecular weight is 435 g/mol. The predicted octanol–water partition coefficient (Wildman–Crippen LogP) is 2.54. The number of amides is 1. The van der Waals surface area contributed by atoms with E-state index in [4.69, 9.17) is 15.7 Å². The molecule has 3 rings (SSSR count). The van der Waals surface area contributed by atoms with E-state index < -0.39 is 0 Å². The van der Waals surface area contributed by atoms with Crippen molar-refractivity contribution in [2.45, 2.75) is 37.1 Å². The number of ether oxygens (including phenoxy) is 1. The Balaban J connectivity index is 1.78. The second-order valence-corrected chi connectivity index (χ2v) is 7.92. The number of hydrogen-bond acceptors (Lipinski definition) is 5. The first-order valence-electron chi connectivity index (χ1n) is 10.7. The zero-order valence-corrected chi connectivity index (χ0v) is 18.5. The summed E-state index contributed by atoms with van der Waals surface area (Å²) >= 11 is 0. The second-order valence-electron chi connectivity index (χ2n) is 7.92. The van der Waals surface area contributed by atoms with Crippen LogP contribution in [-0.4, -0.2) is 43.6 Å². The van der Waals surface area contributed by atoms with Gasteiger partial charge in [-0.1, -0.05) is 42.5 Å². The van der Waals surface area contributed by atoms with Crippen LogP contribution in [0.25, 0.3) is 0 Å². The van der Waals surface area contributed by atoms with Crippen LogP contribution >= 0.6 is 0 Å². The summed E-state index contributed by atoms with van der Waals surface area (Å²) < 4.78 is 5.34. The molecule has 2 aromatic carbocycles. The number of para-hydroxylation sites is 1. The Labute approximate surface area is 189 Å². The van der Waals surface area contributed by atoms with Crippen molar-refractivity contribution in [3.63, 3.8) is 0 Å². The van der Waals surface area contributed by atoms with Gasteiger partial charge in [0.1, 0.15) is 5.75 Å². The number of aliphatic imine (C=N–C) groups is 1. The molecule has 0 aliphatic heterocycles. The minimum Gasteiger partial charge on any atom is -0.496 e. The molecule has 168 valence electrons. The van der Waals surface area contributed by atoms with Crippen LogP contribution in [0, 0.1) is 11.5 Å². The first kappa shape index (κ1) is 23.1. The quantitative estimate of drug-likeness (QED) is 0.267. The molecule has 1 aliphatic rings. The Morgan fingerprint density at radius 1 is 1.22 bits per heavy atom. The molecular formula is C24H30N6O2.